The molecule has 1 saturated carbocycles. The van der Waals surface area contributed by atoms with E-state index < -0.39 is 0 Å². The van der Waals surface area contributed by atoms with Gasteiger partial charge in [-0.25, -0.2) is 4.98 Å². The van der Waals surface area contributed by atoms with Gasteiger partial charge in [0.25, 0.3) is 0 Å². The monoisotopic (exact) mass is 362 g/mol. The summed E-state index contributed by atoms with van der Waals surface area (Å²) in [6.07, 6.45) is 9.74. The molecular formula is C23H30N4. The number of nitrogen functional groups attached to an aromatic ring is 1. The average Bonchev–Trinajstić information content (AvgIpc) is 3.06. The van der Waals surface area contributed by atoms with Crippen molar-refractivity contribution in [2.75, 3.05) is 12.8 Å². The van der Waals surface area contributed by atoms with Gasteiger partial charge < -0.3 is 10.1 Å². The molecular weight excluding hydrogens is 332 g/mol. The van der Waals surface area contributed by atoms with Gasteiger partial charge in [0, 0.05) is 30.0 Å². The fourth-order valence-electron chi connectivity index (χ4n) is 4.28. The van der Waals surface area contributed by atoms with Crippen molar-refractivity contribution in [1.29, 1.82) is 0 Å². The van der Waals surface area contributed by atoms with Crippen molar-refractivity contribution in [3.8, 4) is 11.3 Å². The lowest BCUT2D eigenvalue weighted by molar-refractivity contribution is 0.182. The Morgan fingerprint density at radius 3 is 2.52 bits per heavy atom. The summed E-state index contributed by atoms with van der Waals surface area (Å²) in [5.41, 5.74) is 12.7. The maximum Gasteiger partial charge on any atom is 0.137 e. The Labute approximate surface area is 162 Å². The third-order valence-electron chi connectivity index (χ3n) is 5.97. The molecule has 1 aromatic carbocycles. The van der Waals surface area contributed by atoms with E-state index in [-0.39, 0.29) is 0 Å². The Hall–Kier alpha value is -2.33. The molecule has 1 aliphatic rings. The van der Waals surface area contributed by atoms with E-state index in [0.717, 1.165) is 30.0 Å². The lowest BCUT2D eigenvalue weighted by atomic mass is 9.94. The number of fused-ring (bicyclic) bond motifs is 1. The number of aromatic nitrogens is 2. The summed E-state index contributed by atoms with van der Waals surface area (Å²) in [6.45, 7) is 3.08. The number of aryl methyl sites for hydroxylation is 1. The predicted octanol–water partition coefficient (Wildman–Crippen LogP) is 4.91. The SMILES string of the molecule is CCc1ccc(-c2nc3ccc(N)cn3c2CN(C)C2CCCCC2)cc1. The highest BCUT2D eigenvalue weighted by molar-refractivity contribution is 5.67. The Morgan fingerprint density at radius 2 is 1.81 bits per heavy atom. The second-order valence-electron chi connectivity index (χ2n) is 7.86. The molecule has 0 saturated heterocycles. The van der Waals surface area contributed by atoms with Gasteiger partial charge in [-0.3, -0.25) is 4.90 Å². The quantitative estimate of drug-likeness (QED) is 0.701. The van der Waals surface area contributed by atoms with E-state index in [4.69, 9.17) is 10.7 Å². The van der Waals surface area contributed by atoms with Crippen molar-refractivity contribution < 1.29 is 0 Å². The van der Waals surface area contributed by atoms with E-state index in [2.05, 4.69) is 47.5 Å². The van der Waals surface area contributed by atoms with E-state index in [9.17, 15) is 0 Å². The molecule has 2 heterocycles. The molecule has 142 valence electrons. The summed E-state index contributed by atoms with van der Waals surface area (Å²) in [7, 11) is 2.26. The minimum absolute atomic E-state index is 0.667. The Kier molecular flexibility index (Phi) is 5.17. The fourth-order valence-corrected chi connectivity index (χ4v) is 4.28. The van der Waals surface area contributed by atoms with Crippen molar-refractivity contribution >= 4 is 11.3 Å². The van der Waals surface area contributed by atoms with Gasteiger partial charge >= 0.3 is 0 Å². The molecule has 0 bridgehead atoms. The molecule has 4 heteroatoms. The highest BCUT2D eigenvalue weighted by Crippen LogP contribution is 2.29. The smallest absolute Gasteiger partial charge is 0.137 e. The number of hydrogen-bond donors (Lipinski definition) is 1. The largest absolute Gasteiger partial charge is 0.398 e. The Morgan fingerprint density at radius 1 is 1.07 bits per heavy atom. The molecule has 27 heavy (non-hydrogen) atoms. The van der Waals surface area contributed by atoms with Crippen LogP contribution in [0, 0.1) is 0 Å². The van der Waals surface area contributed by atoms with Gasteiger partial charge in [0.2, 0.25) is 0 Å². The van der Waals surface area contributed by atoms with Crippen molar-refractivity contribution in [3.63, 3.8) is 0 Å². The number of nitrogens with two attached hydrogens (primary N) is 1. The summed E-state index contributed by atoms with van der Waals surface area (Å²) in [4.78, 5) is 7.47. The Bertz CT molecular complexity index is 904. The van der Waals surface area contributed by atoms with Crippen LogP contribution in [-0.2, 0) is 13.0 Å². The molecule has 0 atom stereocenters. The van der Waals surface area contributed by atoms with Crippen LogP contribution in [0.15, 0.2) is 42.6 Å². The van der Waals surface area contributed by atoms with E-state index >= 15 is 0 Å². The topological polar surface area (TPSA) is 46.6 Å². The number of imidazole rings is 1. The number of rotatable bonds is 5. The van der Waals surface area contributed by atoms with Crippen LogP contribution in [-0.4, -0.2) is 27.4 Å². The summed E-state index contributed by atoms with van der Waals surface area (Å²) >= 11 is 0. The van der Waals surface area contributed by atoms with Gasteiger partial charge in [0.15, 0.2) is 0 Å². The molecule has 2 aromatic heterocycles. The molecule has 4 rings (SSSR count). The summed E-state index contributed by atoms with van der Waals surface area (Å²) in [5, 5.41) is 0. The van der Waals surface area contributed by atoms with Crippen molar-refractivity contribution in [3.05, 3.63) is 53.9 Å². The highest BCUT2D eigenvalue weighted by Gasteiger charge is 2.22. The number of pyridine rings is 1. The first-order valence-corrected chi connectivity index (χ1v) is 10.2. The molecule has 0 radical (unpaired) electrons. The van der Waals surface area contributed by atoms with E-state index in [1.54, 1.807) is 0 Å². The van der Waals surface area contributed by atoms with Crippen molar-refractivity contribution in [1.82, 2.24) is 14.3 Å². The zero-order valence-electron chi connectivity index (χ0n) is 16.5. The van der Waals surface area contributed by atoms with Crippen LogP contribution < -0.4 is 5.73 Å². The highest BCUT2D eigenvalue weighted by atomic mass is 15.2. The maximum atomic E-state index is 6.09. The van der Waals surface area contributed by atoms with Gasteiger partial charge in [0.1, 0.15) is 5.65 Å². The first kappa shape index (κ1) is 18.1. The van der Waals surface area contributed by atoms with E-state index in [1.807, 2.05) is 18.3 Å². The summed E-state index contributed by atoms with van der Waals surface area (Å²) in [5.74, 6) is 0. The lowest BCUT2D eigenvalue weighted by Crippen LogP contribution is -2.33. The minimum atomic E-state index is 0.667. The standard InChI is InChI=1S/C23H30N4/c1-3-17-9-11-18(12-10-17)23-21(16-26(2)20-7-5-4-6-8-20)27-15-19(24)13-14-22(27)25-23/h9-15,20H,3-8,16,24H2,1-2H3. The van der Waals surface area contributed by atoms with Crippen LogP contribution in [0.5, 0.6) is 0 Å². The summed E-state index contributed by atoms with van der Waals surface area (Å²) < 4.78 is 2.18. The van der Waals surface area contributed by atoms with Crippen LogP contribution in [0.1, 0.15) is 50.3 Å². The van der Waals surface area contributed by atoms with Gasteiger partial charge in [0.05, 0.1) is 11.4 Å². The molecule has 0 unspecified atom stereocenters. The lowest BCUT2D eigenvalue weighted by Gasteiger charge is -2.31. The van der Waals surface area contributed by atoms with Gasteiger partial charge in [-0.05, 0) is 44.0 Å². The predicted molar refractivity (Wildman–Crippen MR) is 113 cm³/mol. The third kappa shape index (κ3) is 3.72. The molecule has 2 N–H and O–H groups in total. The molecule has 0 amide bonds. The average molecular weight is 363 g/mol. The molecule has 0 aliphatic heterocycles. The van der Waals surface area contributed by atoms with Crippen LogP contribution in [0.4, 0.5) is 5.69 Å². The van der Waals surface area contributed by atoms with Gasteiger partial charge in [-0.2, -0.15) is 0 Å². The fraction of sp³-hybridized carbons (Fsp3) is 0.435. The third-order valence-corrected chi connectivity index (χ3v) is 5.97. The second kappa shape index (κ2) is 7.73. The van der Waals surface area contributed by atoms with Crippen molar-refractivity contribution in [2.24, 2.45) is 0 Å². The minimum Gasteiger partial charge on any atom is -0.398 e. The maximum absolute atomic E-state index is 6.09. The molecule has 4 nitrogen and oxygen atoms in total. The normalized spacial score (nSPS) is 15.7. The zero-order chi connectivity index (χ0) is 18.8. The van der Waals surface area contributed by atoms with E-state index in [1.165, 1.54) is 48.9 Å². The molecule has 3 aromatic rings. The Balaban J connectivity index is 1.74. The first-order chi connectivity index (χ1) is 13.2. The second-order valence-corrected chi connectivity index (χ2v) is 7.86. The van der Waals surface area contributed by atoms with Gasteiger partial charge in [-0.1, -0.05) is 50.5 Å². The van der Waals surface area contributed by atoms with Gasteiger partial charge in [-0.15, -0.1) is 0 Å². The first-order valence-electron chi connectivity index (χ1n) is 10.2. The van der Waals surface area contributed by atoms with Crippen molar-refractivity contribution in [2.45, 2.75) is 58.0 Å². The van der Waals surface area contributed by atoms with E-state index in [0.29, 0.717) is 6.04 Å². The van der Waals surface area contributed by atoms with Crippen LogP contribution >= 0.6 is 0 Å². The van der Waals surface area contributed by atoms with Crippen LogP contribution in [0.3, 0.4) is 0 Å². The zero-order valence-corrected chi connectivity index (χ0v) is 16.5. The van der Waals surface area contributed by atoms with Crippen LogP contribution in [0.2, 0.25) is 0 Å². The number of nitrogens with zero attached hydrogens (tertiary/aromatic N) is 3. The molecule has 1 aliphatic carbocycles. The van der Waals surface area contributed by atoms with Crippen LogP contribution in [0.25, 0.3) is 16.9 Å². The molecule has 1 fully saturated rings. The number of benzene rings is 1. The summed E-state index contributed by atoms with van der Waals surface area (Å²) in [6, 6.07) is 13.4. The number of hydrogen-bond acceptors (Lipinski definition) is 3. The number of anilines is 1. The molecule has 0 spiro atoms.